The van der Waals surface area contributed by atoms with Crippen LogP contribution >= 0.6 is 0 Å². The van der Waals surface area contributed by atoms with Gasteiger partial charge >= 0.3 is 0 Å². The molecule has 0 saturated carbocycles. The SMILES string of the molecule is Cc1ccc(-c2nc(-c3nc(C)no3)c(N3CCCCC3)o2)cc1. The third-order valence-electron chi connectivity index (χ3n) is 4.28. The molecular weight excluding hydrogens is 304 g/mol. The lowest BCUT2D eigenvalue weighted by molar-refractivity contribution is 0.423. The fourth-order valence-corrected chi connectivity index (χ4v) is 2.98. The number of oxazole rings is 1. The van der Waals surface area contributed by atoms with Gasteiger partial charge in [-0.05, 0) is 45.2 Å². The summed E-state index contributed by atoms with van der Waals surface area (Å²) in [6.07, 6.45) is 3.57. The number of hydrogen-bond acceptors (Lipinski definition) is 6. The van der Waals surface area contributed by atoms with E-state index in [0.717, 1.165) is 37.4 Å². The molecule has 6 nitrogen and oxygen atoms in total. The third kappa shape index (κ3) is 2.79. The summed E-state index contributed by atoms with van der Waals surface area (Å²) in [4.78, 5) is 11.2. The highest BCUT2D eigenvalue weighted by Crippen LogP contribution is 2.35. The molecular formula is C18H20N4O2. The Morgan fingerprint density at radius 2 is 1.67 bits per heavy atom. The van der Waals surface area contributed by atoms with E-state index < -0.39 is 0 Å². The monoisotopic (exact) mass is 324 g/mol. The van der Waals surface area contributed by atoms with Gasteiger partial charge in [0, 0.05) is 18.7 Å². The first-order chi connectivity index (χ1) is 11.7. The average Bonchev–Trinajstić information content (AvgIpc) is 3.23. The first-order valence-electron chi connectivity index (χ1n) is 8.34. The molecule has 0 N–H and O–H groups in total. The van der Waals surface area contributed by atoms with Gasteiger partial charge in [-0.25, -0.2) is 4.98 Å². The van der Waals surface area contributed by atoms with Gasteiger partial charge in [-0.1, -0.05) is 22.9 Å². The van der Waals surface area contributed by atoms with Crippen molar-refractivity contribution in [3.05, 3.63) is 35.7 Å². The Hall–Kier alpha value is -2.63. The topological polar surface area (TPSA) is 68.2 Å². The summed E-state index contributed by atoms with van der Waals surface area (Å²) in [5.41, 5.74) is 2.78. The molecule has 0 radical (unpaired) electrons. The maximum Gasteiger partial charge on any atom is 0.282 e. The van der Waals surface area contributed by atoms with Crippen LogP contribution in [-0.2, 0) is 0 Å². The number of nitrogens with zero attached hydrogens (tertiary/aromatic N) is 4. The maximum atomic E-state index is 6.13. The predicted octanol–water partition coefficient (Wildman–Crippen LogP) is 4.00. The van der Waals surface area contributed by atoms with Crippen LogP contribution in [-0.4, -0.2) is 28.2 Å². The number of anilines is 1. The Labute approximate surface area is 140 Å². The summed E-state index contributed by atoms with van der Waals surface area (Å²) in [6, 6.07) is 8.14. The number of benzene rings is 1. The zero-order valence-electron chi connectivity index (χ0n) is 14.0. The lowest BCUT2D eigenvalue weighted by Crippen LogP contribution is -2.29. The van der Waals surface area contributed by atoms with E-state index in [2.05, 4.69) is 39.1 Å². The maximum absolute atomic E-state index is 6.13. The molecule has 24 heavy (non-hydrogen) atoms. The highest BCUT2D eigenvalue weighted by Gasteiger charge is 2.26. The quantitative estimate of drug-likeness (QED) is 0.725. The van der Waals surface area contributed by atoms with Crippen molar-refractivity contribution in [2.24, 2.45) is 0 Å². The molecule has 3 aromatic rings. The van der Waals surface area contributed by atoms with Gasteiger partial charge in [-0.2, -0.15) is 4.98 Å². The minimum Gasteiger partial charge on any atom is -0.420 e. The van der Waals surface area contributed by atoms with E-state index in [-0.39, 0.29) is 0 Å². The van der Waals surface area contributed by atoms with Crippen molar-refractivity contribution in [1.82, 2.24) is 15.1 Å². The molecule has 1 aliphatic heterocycles. The second kappa shape index (κ2) is 6.11. The van der Waals surface area contributed by atoms with Crippen LogP contribution in [0.2, 0.25) is 0 Å². The summed E-state index contributed by atoms with van der Waals surface area (Å²) < 4.78 is 11.5. The second-order valence-electron chi connectivity index (χ2n) is 6.23. The summed E-state index contributed by atoms with van der Waals surface area (Å²) in [7, 11) is 0. The zero-order valence-corrected chi connectivity index (χ0v) is 14.0. The number of hydrogen-bond donors (Lipinski definition) is 0. The van der Waals surface area contributed by atoms with E-state index in [4.69, 9.17) is 8.94 Å². The van der Waals surface area contributed by atoms with Crippen LogP contribution in [0.4, 0.5) is 5.88 Å². The van der Waals surface area contributed by atoms with Crippen LogP contribution in [0.5, 0.6) is 0 Å². The number of piperidine rings is 1. The highest BCUT2D eigenvalue weighted by atomic mass is 16.5. The molecule has 6 heteroatoms. The van der Waals surface area contributed by atoms with Gasteiger partial charge in [0.1, 0.15) is 0 Å². The fourth-order valence-electron chi connectivity index (χ4n) is 2.98. The molecule has 0 spiro atoms. The van der Waals surface area contributed by atoms with Gasteiger partial charge in [-0.15, -0.1) is 0 Å². The van der Waals surface area contributed by atoms with E-state index >= 15 is 0 Å². The molecule has 1 fully saturated rings. The highest BCUT2D eigenvalue weighted by molar-refractivity contribution is 5.69. The standard InChI is InChI=1S/C18H20N4O2/c1-12-6-8-14(9-7-12)16-20-15(17-19-13(2)21-24-17)18(23-16)22-10-4-3-5-11-22/h6-9H,3-5,10-11H2,1-2H3. The van der Waals surface area contributed by atoms with Crippen molar-refractivity contribution in [3.63, 3.8) is 0 Å². The molecule has 0 atom stereocenters. The first kappa shape index (κ1) is 14.9. The molecule has 0 amide bonds. The number of aromatic nitrogens is 3. The molecule has 0 unspecified atom stereocenters. The van der Waals surface area contributed by atoms with Crippen molar-refractivity contribution in [1.29, 1.82) is 0 Å². The Morgan fingerprint density at radius 3 is 2.33 bits per heavy atom. The van der Waals surface area contributed by atoms with E-state index in [0.29, 0.717) is 23.3 Å². The summed E-state index contributed by atoms with van der Waals surface area (Å²) in [6.45, 7) is 5.78. The zero-order chi connectivity index (χ0) is 16.5. The van der Waals surface area contributed by atoms with Gasteiger partial charge in [0.15, 0.2) is 11.5 Å². The van der Waals surface area contributed by atoms with Gasteiger partial charge in [-0.3, -0.25) is 0 Å². The van der Waals surface area contributed by atoms with E-state index in [1.165, 1.54) is 12.0 Å². The molecule has 1 aliphatic rings. The third-order valence-corrected chi connectivity index (χ3v) is 4.28. The smallest absolute Gasteiger partial charge is 0.282 e. The van der Waals surface area contributed by atoms with Crippen molar-refractivity contribution in [2.45, 2.75) is 33.1 Å². The van der Waals surface area contributed by atoms with E-state index in [1.807, 2.05) is 12.1 Å². The van der Waals surface area contributed by atoms with Crippen LogP contribution in [0, 0.1) is 13.8 Å². The fraction of sp³-hybridized carbons (Fsp3) is 0.389. The van der Waals surface area contributed by atoms with Gasteiger partial charge in [0.25, 0.3) is 5.89 Å². The number of aryl methyl sites for hydroxylation is 2. The second-order valence-corrected chi connectivity index (χ2v) is 6.23. The molecule has 0 aliphatic carbocycles. The normalized spacial score (nSPS) is 15.0. The Morgan fingerprint density at radius 1 is 0.917 bits per heavy atom. The summed E-state index contributed by atoms with van der Waals surface area (Å²) >= 11 is 0. The van der Waals surface area contributed by atoms with E-state index in [9.17, 15) is 0 Å². The Kier molecular flexibility index (Phi) is 3.80. The van der Waals surface area contributed by atoms with Crippen LogP contribution in [0.15, 0.2) is 33.2 Å². The summed E-state index contributed by atoms with van der Waals surface area (Å²) in [5, 5.41) is 3.89. The van der Waals surface area contributed by atoms with Crippen molar-refractivity contribution < 1.29 is 8.94 Å². The molecule has 1 saturated heterocycles. The van der Waals surface area contributed by atoms with Crippen LogP contribution in [0.3, 0.4) is 0 Å². The number of rotatable bonds is 3. The van der Waals surface area contributed by atoms with Gasteiger partial charge < -0.3 is 13.8 Å². The minimum absolute atomic E-state index is 0.412. The Bertz CT molecular complexity index is 829. The molecule has 2 aromatic heterocycles. The molecule has 1 aromatic carbocycles. The minimum atomic E-state index is 0.412. The van der Waals surface area contributed by atoms with Crippen LogP contribution in [0.1, 0.15) is 30.7 Å². The van der Waals surface area contributed by atoms with Crippen LogP contribution in [0.25, 0.3) is 23.0 Å². The van der Waals surface area contributed by atoms with Crippen LogP contribution < -0.4 is 4.90 Å². The average molecular weight is 324 g/mol. The summed E-state index contributed by atoms with van der Waals surface area (Å²) in [5.74, 6) is 2.32. The van der Waals surface area contributed by atoms with Gasteiger partial charge in [0.2, 0.25) is 11.8 Å². The molecule has 0 bridgehead atoms. The lowest BCUT2D eigenvalue weighted by Gasteiger charge is -2.26. The van der Waals surface area contributed by atoms with Crippen molar-refractivity contribution >= 4 is 5.88 Å². The molecule has 124 valence electrons. The van der Waals surface area contributed by atoms with Crippen molar-refractivity contribution in [2.75, 3.05) is 18.0 Å². The first-order valence-corrected chi connectivity index (χ1v) is 8.34. The Balaban J connectivity index is 1.79. The largest absolute Gasteiger partial charge is 0.420 e. The van der Waals surface area contributed by atoms with Crippen molar-refractivity contribution in [3.8, 4) is 23.0 Å². The van der Waals surface area contributed by atoms with E-state index in [1.54, 1.807) is 6.92 Å². The lowest BCUT2D eigenvalue weighted by atomic mass is 10.1. The van der Waals surface area contributed by atoms with Gasteiger partial charge in [0.05, 0.1) is 0 Å². The predicted molar refractivity (Wildman–Crippen MR) is 90.8 cm³/mol. The molecule has 3 heterocycles. The molecule has 4 rings (SSSR count).